The first-order chi connectivity index (χ1) is 4.20. The summed E-state index contributed by atoms with van der Waals surface area (Å²) in [6.07, 6.45) is 5.00. The average Bonchev–Trinajstić information content (AvgIpc) is 1.80. The topological polar surface area (TPSA) is 26.7 Å². The molecule has 0 spiro atoms. The number of rotatable bonds is 0. The molecule has 0 saturated heterocycles. The molecule has 1 aliphatic heterocycles. The lowest BCUT2D eigenvalue weighted by Crippen LogP contribution is -2.17. The van der Waals surface area contributed by atoms with Gasteiger partial charge in [-0.25, -0.2) is 5.06 Å². The van der Waals surface area contributed by atoms with Gasteiger partial charge in [-0.1, -0.05) is 0 Å². The SMILES string of the molecule is CC1=CN(O)C=CN1C. The van der Waals surface area contributed by atoms with E-state index < -0.39 is 0 Å². The van der Waals surface area contributed by atoms with E-state index in [9.17, 15) is 0 Å². The first-order valence-electron chi connectivity index (χ1n) is 2.77. The monoisotopic (exact) mass is 126 g/mol. The molecule has 3 heteroatoms. The van der Waals surface area contributed by atoms with E-state index in [4.69, 9.17) is 5.21 Å². The molecule has 1 N–H and O–H groups in total. The number of hydroxylamine groups is 2. The van der Waals surface area contributed by atoms with E-state index in [0.717, 1.165) is 10.8 Å². The van der Waals surface area contributed by atoms with Gasteiger partial charge in [0.15, 0.2) is 0 Å². The molecule has 0 atom stereocenters. The van der Waals surface area contributed by atoms with Crippen LogP contribution in [-0.2, 0) is 0 Å². The van der Waals surface area contributed by atoms with Gasteiger partial charge in [-0.05, 0) is 6.92 Å². The predicted molar refractivity (Wildman–Crippen MR) is 34.3 cm³/mol. The second-order valence-corrected chi connectivity index (χ2v) is 2.06. The van der Waals surface area contributed by atoms with Gasteiger partial charge in [-0.3, -0.25) is 5.21 Å². The lowest BCUT2D eigenvalue weighted by Gasteiger charge is -2.21. The highest BCUT2D eigenvalue weighted by atomic mass is 16.5. The first-order valence-corrected chi connectivity index (χ1v) is 2.77. The average molecular weight is 126 g/mol. The Morgan fingerprint density at radius 2 is 2.11 bits per heavy atom. The molecule has 0 bridgehead atoms. The van der Waals surface area contributed by atoms with E-state index in [0.29, 0.717) is 0 Å². The Bertz CT molecular complexity index is 162. The summed E-state index contributed by atoms with van der Waals surface area (Å²) in [5.41, 5.74) is 1.01. The van der Waals surface area contributed by atoms with Gasteiger partial charge >= 0.3 is 0 Å². The minimum absolute atomic E-state index is 1.01. The molecule has 0 aromatic carbocycles. The molecule has 0 aliphatic carbocycles. The lowest BCUT2D eigenvalue weighted by atomic mass is 10.4. The largest absolute Gasteiger partial charge is 0.352 e. The second kappa shape index (κ2) is 2.11. The molecule has 0 amide bonds. The zero-order valence-electron chi connectivity index (χ0n) is 5.57. The molecule has 3 nitrogen and oxygen atoms in total. The highest BCUT2D eigenvalue weighted by molar-refractivity contribution is 5.05. The van der Waals surface area contributed by atoms with Gasteiger partial charge in [0, 0.05) is 25.1 Å². The third-order valence-electron chi connectivity index (χ3n) is 1.32. The molecule has 1 rings (SSSR count). The van der Waals surface area contributed by atoms with Crippen molar-refractivity contribution in [3.8, 4) is 0 Å². The van der Waals surface area contributed by atoms with E-state index in [1.165, 1.54) is 0 Å². The molecule has 0 aromatic heterocycles. The Kier molecular flexibility index (Phi) is 1.44. The van der Waals surface area contributed by atoms with Gasteiger partial charge in [0.05, 0.1) is 6.20 Å². The van der Waals surface area contributed by atoms with Crippen molar-refractivity contribution < 1.29 is 5.21 Å². The summed E-state index contributed by atoms with van der Waals surface area (Å²) in [5, 5.41) is 9.88. The summed E-state index contributed by atoms with van der Waals surface area (Å²) in [7, 11) is 1.93. The third-order valence-corrected chi connectivity index (χ3v) is 1.32. The quantitative estimate of drug-likeness (QED) is 0.523. The molecule has 50 valence electrons. The van der Waals surface area contributed by atoms with Crippen molar-refractivity contribution in [2.24, 2.45) is 0 Å². The van der Waals surface area contributed by atoms with E-state index in [-0.39, 0.29) is 0 Å². The van der Waals surface area contributed by atoms with Crippen LogP contribution >= 0.6 is 0 Å². The normalized spacial score (nSPS) is 18.3. The lowest BCUT2D eigenvalue weighted by molar-refractivity contribution is 0.00463. The van der Waals surface area contributed by atoms with Crippen molar-refractivity contribution in [3.05, 3.63) is 24.3 Å². The summed E-state index contributed by atoms with van der Waals surface area (Å²) >= 11 is 0. The summed E-state index contributed by atoms with van der Waals surface area (Å²) in [5.74, 6) is 0. The molecule has 1 heterocycles. The van der Waals surface area contributed by atoms with Crippen LogP contribution in [-0.4, -0.2) is 22.2 Å². The van der Waals surface area contributed by atoms with E-state index in [1.54, 1.807) is 18.6 Å². The zero-order chi connectivity index (χ0) is 6.85. The minimum atomic E-state index is 1.01. The Morgan fingerprint density at radius 3 is 2.56 bits per heavy atom. The van der Waals surface area contributed by atoms with Crippen LogP contribution < -0.4 is 0 Å². The van der Waals surface area contributed by atoms with Gasteiger partial charge in [0.1, 0.15) is 0 Å². The van der Waals surface area contributed by atoms with Gasteiger partial charge in [0.2, 0.25) is 0 Å². The summed E-state index contributed by atoms with van der Waals surface area (Å²) in [6.45, 7) is 1.92. The fourth-order valence-electron chi connectivity index (χ4n) is 0.611. The predicted octanol–water partition coefficient (Wildman–Crippen LogP) is 0.956. The van der Waals surface area contributed by atoms with Crippen LogP contribution in [0.15, 0.2) is 24.3 Å². The van der Waals surface area contributed by atoms with Crippen LogP contribution in [0.5, 0.6) is 0 Å². The second-order valence-electron chi connectivity index (χ2n) is 2.06. The molecular weight excluding hydrogens is 116 g/mol. The van der Waals surface area contributed by atoms with E-state index in [1.807, 2.05) is 18.9 Å². The van der Waals surface area contributed by atoms with Crippen molar-refractivity contribution in [1.29, 1.82) is 0 Å². The fraction of sp³-hybridized carbons (Fsp3) is 0.333. The van der Waals surface area contributed by atoms with Crippen molar-refractivity contribution in [1.82, 2.24) is 9.96 Å². The molecule has 0 aromatic rings. The van der Waals surface area contributed by atoms with Gasteiger partial charge in [-0.15, -0.1) is 0 Å². The number of allylic oxidation sites excluding steroid dienone is 1. The van der Waals surface area contributed by atoms with Crippen molar-refractivity contribution >= 4 is 0 Å². The van der Waals surface area contributed by atoms with Gasteiger partial charge in [0.25, 0.3) is 0 Å². The maximum Gasteiger partial charge on any atom is 0.0517 e. The van der Waals surface area contributed by atoms with Crippen LogP contribution in [0.1, 0.15) is 6.92 Å². The van der Waals surface area contributed by atoms with Crippen molar-refractivity contribution in [2.75, 3.05) is 7.05 Å². The highest BCUT2D eigenvalue weighted by Crippen LogP contribution is 2.07. The molecule has 0 radical (unpaired) electrons. The standard InChI is InChI=1S/C6H10N2O/c1-6-5-8(9)4-3-7(6)2/h3-5,9H,1-2H3. The number of nitrogens with zero attached hydrogens (tertiary/aromatic N) is 2. The van der Waals surface area contributed by atoms with Crippen LogP contribution in [0.3, 0.4) is 0 Å². The van der Waals surface area contributed by atoms with Crippen LogP contribution in [0.25, 0.3) is 0 Å². The third kappa shape index (κ3) is 1.23. The van der Waals surface area contributed by atoms with Crippen molar-refractivity contribution in [3.63, 3.8) is 0 Å². The maximum absolute atomic E-state index is 8.84. The first kappa shape index (κ1) is 6.16. The van der Waals surface area contributed by atoms with Crippen LogP contribution in [0, 0.1) is 0 Å². The minimum Gasteiger partial charge on any atom is -0.352 e. The Labute approximate surface area is 54.4 Å². The molecule has 0 fully saturated rings. The molecular formula is C6H10N2O. The smallest absolute Gasteiger partial charge is 0.0517 e. The number of hydrogen-bond acceptors (Lipinski definition) is 3. The van der Waals surface area contributed by atoms with Crippen LogP contribution in [0.2, 0.25) is 0 Å². The molecule has 1 aliphatic rings. The maximum atomic E-state index is 8.84. The van der Waals surface area contributed by atoms with Crippen LogP contribution in [0.4, 0.5) is 0 Å². The Morgan fingerprint density at radius 1 is 1.44 bits per heavy atom. The van der Waals surface area contributed by atoms with Gasteiger partial charge < -0.3 is 4.90 Å². The molecule has 0 unspecified atom stereocenters. The van der Waals surface area contributed by atoms with E-state index >= 15 is 0 Å². The van der Waals surface area contributed by atoms with E-state index in [2.05, 4.69) is 0 Å². The fourth-order valence-corrected chi connectivity index (χ4v) is 0.611. The van der Waals surface area contributed by atoms with Gasteiger partial charge in [-0.2, -0.15) is 0 Å². The summed E-state index contributed by atoms with van der Waals surface area (Å²) < 4.78 is 0. The Balaban J connectivity index is 2.70. The Hall–Kier alpha value is -0.960. The highest BCUT2D eigenvalue weighted by Gasteiger charge is 2.00. The molecule has 9 heavy (non-hydrogen) atoms. The van der Waals surface area contributed by atoms with Crippen molar-refractivity contribution in [2.45, 2.75) is 6.92 Å². The summed E-state index contributed by atoms with van der Waals surface area (Å²) in [4.78, 5) is 1.92. The summed E-state index contributed by atoms with van der Waals surface area (Å²) in [6, 6.07) is 0. The molecule has 0 saturated carbocycles. The zero-order valence-corrected chi connectivity index (χ0v) is 5.57. The number of hydrogen-bond donors (Lipinski definition) is 1.